The van der Waals surface area contributed by atoms with Crippen LogP contribution in [-0.2, 0) is 6.54 Å². The van der Waals surface area contributed by atoms with E-state index in [2.05, 4.69) is 22.1 Å². The van der Waals surface area contributed by atoms with Crippen LogP contribution in [0, 0.1) is 18.8 Å². The fourth-order valence-corrected chi connectivity index (χ4v) is 4.02. The molecule has 3 rings (SSSR count). The number of furan rings is 1. The van der Waals surface area contributed by atoms with Gasteiger partial charge in [-0.15, -0.1) is 0 Å². The average molecular weight is 389 g/mol. The zero-order valence-electron chi connectivity index (χ0n) is 17.5. The summed E-state index contributed by atoms with van der Waals surface area (Å²) in [4.78, 5) is 32.3. The number of hydrogen-bond donors (Lipinski definition) is 1. The van der Waals surface area contributed by atoms with Gasteiger partial charge in [0.2, 0.25) is 5.71 Å². The average Bonchev–Trinajstić information content (AvgIpc) is 2.98. The second-order valence-corrected chi connectivity index (χ2v) is 8.47. The molecule has 28 heavy (non-hydrogen) atoms. The lowest BCUT2D eigenvalue weighted by molar-refractivity contribution is 0.0950. The Morgan fingerprint density at radius 3 is 2.93 bits per heavy atom. The van der Waals surface area contributed by atoms with Crippen LogP contribution in [0.15, 0.2) is 15.5 Å². The van der Waals surface area contributed by atoms with E-state index < -0.39 is 0 Å². The smallest absolute Gasteiger partial charge is 0.265 e. The zero-order chi connectivity index (χ0) is 20.3. The number of nitrogens with zero attached hydrogens (tertiary/aromatic N) is 3. The number of likely N-dealkylation sites (tertiary alicyclic amines) is 1. The van der Waals surface area contributed by atoms with Gasteiger partial charge in [0, 0.05) is 19.6 Å². The molecule has 7 heteroatoms. The minimum atomic E-state index is -0.260. The van der Waals surface area contributed by atoms with Gasteiger partial charge in [0.05, 0.1) is 5.56 Å². The number of aryl methyl sites for hydroxylation is 1. The van der Waals surface area contributed by atoms with E-state index in [-0.39, 0.29) is 22.6 Å². The third kappa shape index (κ3) is 4.63. The second-order valence-electron chi connectivity index (χ2n) is 8.47. The van der Waals surface area contributed by atoms with Crippen LogP contribution in [0.3, 0.4) is 0 Å². The Morgan fingerprint density at radius 2 is 2.21 bits per heavy atom. The Hall–Kier alpha value is -2.15. The normalized spacial score (nSPS) is 18.1. The number of amides is 1. The van der Waals surface area contributed by atoms with Gasteiger partial charge in [0.1, 0.15) is 17.5 Å². The molecule has 1 atom stereocenters. The molecule has 0 saturated carbocycles. The molecule has 1 fully saturated rings. The molecular weight excluding hydrogens is 356 g/mol. The summed E-state index contributed by atoms with van der Waals surface area (Å²) in [5.74, 6) is 1.23. The fourth-order valence-electron chi connectivity index (χ4n) is 4.02. The SMILES string of the molecule is Cc1oc2ncn(CC(C)C)c(=O)c2c1C(=O)NCCCN1CCC[C@@H](C)C1. The Balaban J connectivity index is 1.67. The van der Waals surface area contributed by atoms with Gasteiger partial charge in [-0.3, -0.25) is 14.2 Å². The van der Waals surface area contributed by atoms with Crippen molar-refractivity contribution in [1.82, 2.24) is 19.8 Å². The quantitative estimate of drug-likeness (QED) is 0.738. The predicted octanol–water partition coefficient (Wildman–Crippen LogP) is 2.81. The third-order valence-corrected chi connectivity index (χ3v) is 5.32. The standard InChI is InChI=1S/C21H32N4O3/c1-14(2)11-25-13-23-20-18(21(25)27)17(16(4)28-20)19(26)22-8-6-10-24-9-5-7-15(3)12-24/h13-15H,5-12H2,1-4H3,(H,22,26)/t15-/m1/s1. The first-order chi connectivity index (χ1) is 13.4. The Bertz CT molecular complexity index is 884. The van der Waals surface area contributed by atoms with E-state index in [1.54, 1.807) is 11.5 Å². The summed E-state index contributed by atoms with van der Waals surface area (Å²) in [5.41, 5.74) is 0.329. The number of rotatable bonds is 7. The molecule has 0 aliphatic carbocycles. The van der Waals surface area contributed by atoms with E-state index in [1.165, 1.54) is 19.2 Å². The van der Waals surface area contributed by atoms with E-state index in [0.29, 0.717) is 30.3 Å². The van der Waals surface area contributed by atoms with Crippen molar-refractivity contribution in [3.05, 3.63) is 28.0 Å². The molecule has 0 bridgehead atoms. The summed E-state index contributed by atoms with van der Waals surface area (Å²) in [6.45, 7) is 12.5. The first-order valence-corrected chi connectivity index (χ1v) is 10.4. The molecular formula is C21H32N4O3. The number of carbonyl (C=O) groups is 1. The predicted molar refractivity (Wildman–Crippen MR) is 110 cm³/mol. The van der Waals surface area contributed by atoms with Crippen molar-refractivity contribution >= 4 is 17.0 Å². The van der Waals surface area contributed by atoms with E-state index in [4.69, 9.17) is 4.42 Å². The van der Waals surface area contributed by atoms with E-state index in [0.717, 1.165) is 32.0 Å². The molecule has 0 aromatic carbocycles. The topological polar surface area (TPSA) is 80.4 Å². The Morgan fingerprint density at radius 1 is 1.43 bits per heavy atom. The van der Waals surface area contributed by atoms with Crippen LogP contribution in [0.25, 0.3) is 11.1 Å². The van der Waals surface area contributed by atoms with Gasteiger partial charge in [-0.05, 0) is 51.1 Å². The molecule has 2 aromatic rings. The van der Waals surface area contributed by atoms with Gasteiger partial charge in [0.15, 0.2) is 0 Å². The van der Waals surface area contributed by atoms with Crippen LogP contribution >= 0.6 is 0 Å². The molecule has 1 N–H and O–H groups in total. The van der Waals surface area contributed by atoms with Crippen molar-refractivity contribution in [2.24, 2.45) is 11.8 Å². The first kappa shape index (κ1) is 20.6. The van der Waals surface area contributed by atoms with Crippen molar-refractivity contribution in [2.45, 2.75) is 53.5 Å². The summed E-state index contributed by atoms with van der Waals surface area (Å²) in [6.07, 6.45) is 4.95. The van der Waals surface area contributed by atoms with Gasteiger partial charge in [0.25, 0.3) is 11.5 Å². The molecule has 1 aliphatic heterocycles. The number of carbonyl (C=O) groups excluding carboxylic acids is 1. The number of nitrogens with one attached hydrogen (secondary N) is 1. The number of hydrogen-bond acceptors (Lipinski definition) is 5. The molecule has 0 unspecified atom stereocenters. The monoisotopic (exact) mass is 388 g/mol. The minimum absolute atomic E-state index is 0.219. The summed E-state index contributed by atoms with van der Waals surface area (Å²) in [7, 11) is 0. The van der Waals surface area contributed by atoms with Crippen molar-refractivity contribution in [1.29, 1.82) is 0 Å². The van der Waals surface area contributed by atoms with Crippen LogP contribution in [0.1, 0.15) is 56.2 Å². The van der Waals surface area contributed by atoms with Gasteiger partial charge < -0.3 is 14.6 Å². The third-order valence-electron chi connectivity index (χ3n) is 5.32. The highest BCUT2D eigenvalue weighted by Crippen LogP contribution is 2.21. The molecule has 154 valence electrons. The van der Waals surface area contributed by atoms with Gasteiger partial charge in [-0.2, -0.15) is 0 Å². The fraction of sp³-hybridized carbons (Fsp3) is 0.667. The van der Waals surface area contributed by atoms with Gasteiger partial charge in [-0.25, -0.2) is 4.98 Å². The van der Waals surface area contributed by atoms with Crippen LogP contribution < -0.4 is 10.9 Å². The van der Waals surface area contributed by atoms with Crippen molar-refractivity contribution in [3.8, 4) is 0 Å². The molecule has 0 spiro atoms. The lowest BCUT2D eigenvalue weighted by Crippen LogP contribution is -2.36. The highest BCUT2D eigenvalue weighted by atomic mass is 16.3. The van der Waals surface area contributed by atoms with Crippen LogP contribution in [0.5, 0.6) is 0 Å². The second kappa shape index (κ2) is 8.90. The lowest BCUT2D eigenvalue weighted by Gasteiger charge is -2.30. The number of aromatic nitrogens is 2. The largest absolute Gasteiger partial charge is 0.442 e. The first-order valence-electron chi connectivity index (χ1n) is 10.4. The molecule has 1 aliphatic rings. The van der Waals surface area contributed by atoms with Crippen LogP contribution in [0.4, 0.5) is 0 Å². The highest BCUT2D eigenvalue weighted by Gasteiger charge is 2.23. The van der Waals surface area contributed by atoms with Gasteiger partial charge in [-0.1, -0.05) is 20.8 Å². The molecule has 2 aromatic heterocycles. The number of fused-ring (bicyclic) bond motifs is 1. The molecule has 1 saturated heterocycles. The van der Waals surface area contributed by atoms with Crippen LogP contribution in [0.2, 0.25) is 0 Å². The van der Waals surface area contributed by atoms with Crippen molar-refractivity contribution in [3.63, 3.8) is 0 Å². The minimum Gasteiger partial charge on any atom is -0.442 e. The molecule has 3 heterocycles. The summed E-state index contributed by atoms with van der Waals surface area (Å²) >= 11 is 0. The summed E-state index contributed by atoms with van der Waals surface area (Å²) in [6, 6.07) is 0. The molecule has 0 radical (unpaired) electrons. The van der Waals surface area contributed by atoms with Crippen molar-refractivity contribution in [2.75, 3.05) is 26.2 Å². The van der Waals surface area contributed by atoms with Crippen LogP contribution in [-0.4, -0.2) is 46.5 Å². The number of piperidine rings is 1. The van der Waals surface area contributed by atoms with E-state index in [1.807, 2.05) is 13.8 Å². The highest BCUT2D eigenvalue weighted by molar-refractivity contribution is 6.06. The van der Waals surface area contributed by atoms with E-state index in [9.17, 15) is 9.59 Å². The van der Waals surface area contributed by atoms with E-state index >= 15 is 0 Å². The molecule has 7 nitrogen and oxygen atoms in total. The Labute approximate surface area is 166 Å². The maximum atomic E-state index is 12.8. The maximum absolute atomic E-state index is 12.8. The zero-order valence-corrected chi connectivity index (χ0v) is 17.5. The van der Waals surface area contributed by atoms with Gasteiger partial charge >= 0.3 is 0 Å². The summed E-state index contributed by atoms with van der Waals surface area (Å²) in [5, 5.41) is 3.24. The summed E-state index contributed by atoms with van der Waals surface area (Å²) < 4.78 is 7.13. The lowest BCUT2D eigenvalue weighted by atomic mass is 10.0. The van der Waals surface area contributed by atoms with Crippen molar-refractivity contribution < 1.29 is 9.21 Å². The Kier molecular flexibility index (Phi) is 6.54. The maximum Gasteiger partial charge on any atom is 0.265 e. The molecule has 1 amide bonds.